The summed E-state index contributed by atoms with van der Waals surface area (Å²) in [6, 6.07) is 3.76. The van der Waals surface area contributed by atoms with Crippen LogP contribution in [0.4, 0.5) is 5.69 Å². The number of fused-ring (bicyclic) bond motifs is 1. The molecular weight excluding hydrogens is 284 g/mol. The molecule has 2 N–H and O–H groups in total. The first kappa shape index (κ1) is 11.0. The highest BCUT2D eigenvalue weighted by Crippen LogP contribution is 2.32. The van der Waals surface area contributed by atoms with Gasteiger partial charge in [0.2, 0.25) is 0 Å². The number of nitrogen functional groups attached to an aromatic ring is 1. The molecule has 1 aliphatic rings. The van der Waals surface area contributed by atoms with Crippen LogP contribution < -0.4 is 5.73 Å². The molecule has 0 aliphatic carbocycles. The smallest absolute Gasteiger partial charge is 0.198 e. The Labute approximate surface area is 107 Å². The topological polar surface area (TPSA) is 61.3 Å². The SMILES string of the molecule is Nc1cc(Br)cc2nc(C3CCOCC3)oc12. The number of benzene rings is 1. The fraction of sp³-hybridized carbons (Fsp3) is 0.417. The highest BCUT2D eigenvalue weighted by atomic mass is 79.9. The number of hydrogen-bond donors (Lipinski definition) is 1. The average Bonchev–Trinajstić information content (AvgIpc) is 2.74. The Morgan fingerprint density at radius 1 is 1.29 bits per heavy atom. The van der Waals surface area contributed by atoms with Crippen LogP contribution in [0.15, 0.2) is 21.0 Å². The molecule has 17 heavy (non-hydrogen) atoms. The van der Waals surface area contributed by atoms with Crippen LogP contribution in [-0.4, -0.2) is 18.2 Å². The van der Waals surface area contributed by atoms with Crippen LogP contribution in [0.25, 0.3) is 11.1 Å². The Kier molecular flexibility index (Phi) is 2.80. The molecule has 0 bridgehead atoms. The van der Waals surface area contributed by atoms with Crippen molar-refractivity contribution in [3.63, 3.8) is 0 Å². The first-order valence-electron chi connectivity index (χ1n) is 5.67. The lowest BCUT2D eigenvalue weighted by molar-refractivity contribution is 0.0798. The van der Waals surface area contributed by atoms with Gasteiger partial charge in [0.05, 0.1) is 5.69 Å². The minimum Gasteiger partial charge on any atom is -0.438 e. The van der Waals surface area contributed by atoms with Gasteiger partial charge < -0.3 is 14.9 Å². The van der Waals surface area contributed by atoms with Crippen LogP contribution in [0.5, 0.6) is 0 Å². The molecule has 1 fully saturated rings. The summed E-state index contributed by atoms with van der Waals surface area (Å²) in [5.41, 5.74) is 8.04. The molecule has 2 heterocycles. The highest BCUT2D eigenvalue weighted by Gasteiger charge is 2.22. The highest BCUT2D eigenvalue weighted by molar-refractivity contribution is 9.10. The minimum absolute atomic E-state index is 0.356. The molecule has 0 radical (unpaired) electrons. The number of ether oxygens (including phenoxy) is 1. The Balaban J connectivity index is 2.03. The second-order valence-corrected chi connectivity index (χ2v) is 5.20. The van der Waals surface area contributed by atoms with Crippen molar-refractivity contribution in [3.8, 4) is 0 Å². The number of aromatic nitrogens is 1. The molecule has 0 unspecified atom stereocenters. The van der Waals surface area contributed by atoms with Crippen molar-refractivity contribution >= 4 is 32.7 Å². The van der Waals surface area contributed by atoms with Gasteiger partial charge in [0, 0.05) is 23.6 Å². The average molecular weight is 297 g/mol. The van der Waals surface area contributed by atoms with Crippen LogP contribution in [0.1, 0.15) is 24.7 Å². The number of halogens is 1. The largest absolute Gasteiger partial charge is 0.438 e. The van der Waals surface area contributed by atoms with E-state index in [-0.39, 0.29) is 0 Å². The van der Waals surface area contributed by atoms with Gasteiger partial charge in [-0.25, -0.2) is 4.98 Å². The third kappa shape index (κ3) is 2.05. The number of nitrogens with zero attached hydrogens (tertiary/aromatic N) is 1. The van der Waals surface area contributed by atoms with Crippen LogP contribution in [0, 0.1) is 0 Å². The lowest BCUT2D eigenvalue weighted by Gasteiger charge is -2.18. The van der Waals surface area contributed by atoms with E-state index in [2.05, 4.69) is 20.9 Å². The quantitative estimate of drug-likeness (QED) is 0.822. The first-order valence-corrected chi connectivity index (χ1v) is 6.46. The maximum Gasteiger partial charge on any atom is 0.198 e. The summed E-state index contributed by atoms with van der Waals surface area (Å²) in [5.74, 6) is 1.14. The number of hydrogen-bond acceptors (Lipinski definition) is 4. The zero-order valence-electron chi connectivity index (χ0n) is 9.28. The summed E-state index contributed by atoms with van der Waals surface area (Å²) in [6.07, 6.45) is 1.93. The monoisotopic (exact) mass is 296 g/mol. The third-order valence-electron chi connectivity index (χ3n) is 3.07. The van der Waals surface area contributed by atoms with Crippen molar-refractivity contribution in [1.82, 2.24) is 4.98 Å². The van der Waals surface area contributed by atoms with Gasteiger partial charge in [0.15, 0.2) is 11.5 Å². The molecule has 0 amide bonds. The number of rotatable bonds is 1. The molecule has 2 aromatic rings. The Morgan fingerprint density at radius 2 is 2.06 bits per heavy atom. The molecule has 1 aromatic carbocycles. The van der Waals surface area contributed by atoms with Crippen LogP contribution in [0.2, 0.25) is 0 Å². The maximum atomic E-state index is 5.91. The van der Waals surface area contributed by atoms with Crippen molar-refractivity contribution in [3.05, 3.63) is 22.5 Å². The Hall–Kier alpha value is -1.07. The molecular formula is C12H13BrN2O2. The van der Waals surface area contributed by atoms with Gasteiger partial charge in [-0.15, -0.1) is 0 Å². The molecule has 3 rings (SSSR count). The van der Waals surface area contributed by atoms with Gasteiger partial charge in [-0.05, 0) is 25.0 Å². The first-order chi connectivity index (χ1) is 8.24. The van der Waals surface area contributed by atoms with Gasteiger partial charge in [-0.2, -0.15) is 0 Å². The molecule has 0 saturated carbocycles. The molecule has 1 saturated heterocycles. The second-order valence-electron chi connectivity index (χ2n) is 4.28. The molecule has 90 valence electrons. The molecule has 5 heteroatoms. The molecule has 1 aliphatic heterocycles. The van der Waals surface area contributed by atoms with Gasteiger partial charge >= 0.3 is 0 Å². The zero-order valence-corrected chi connectivity index (χ0v) is 10.9. The lowest BCUT2D eigenvalue weighted by atomic mass is 10.0. The standard InChI is InChI=1S/C12H13BrN2O2/c13-8-5-9(14)11-10(6-8)15-12(17-11)7-1-3-16-4-2-7/h5-7H,1-4,14H2. The predicted molar refractivity (Wildman–Crippen MR) is 68.9 cm³/mol. The molecule has 1 aromatic heterocycles. The van der Waals surface area contributed by atoms with E-state index in [1.165, 1.54) is 0 Å². The Bertz CT molecular complexity index is 547. The van der Waals surface area contributed by atoms with Gasteiger partial charge in [0.1, 0.15) is 5.52 Å². The predicted octanol–water partition coefficient (Wildman–Crippen LogP) is 3.07. The van der Waals surface area contributed by atoms with Crippen molar-refractivity contribution in [2.75, 3.05) is 18.9 Å². The fourth-order valence-electron chi connectivity index (χ4n) is 2.16. The summed E-state index contributed by atoms with van der Waals surface area (Å²) < 4.78 is 12.0. The summed E-state index contributed by atoms with van der Waals surface area (Å²) >= 11 is 3.41. The third-order valence-corrected chi connectivity index (χ3v) is 3.53. The van der Waals surface area contributed by atoms with Crippen molar-refractivity contribution < 1.29 is 9.15 Å². The van der Waals surface area contributed by atoms with E-state index >= 15 is 0 Å². The van der Waals surface area contributed by atoms with Crippen molar-refractivity contribution in [1.29, 1.82) is 0 Å². The fourth-order valence-corrected chi connectivity index (χ4v) is 2.62. The summed E-state index contributed by atoms with van der Waals surface area (Å²) in [4.78, 5) is 4.53. The summed E-state index contributed by atoms with van der Waals surface area (Å²) in [7, 11) is 0. The van der Waals surface area contributed by atoms with E-state index in [0.717, 1.165) is 41.9 Å². The maximum absolute atomic E-state index is 5.91. The van der Waals surface area contributed by atoms with Gasteiger partial charge in [0.25, 0.3) is 0 Å². The number of nitrogens with two attached hydrogens (primary N) is 1. The molecule has 0 atom stereocenters. The van der Waals surface area contributed by atoms with E-state index in [9.17, 15) is 0 Å². The van der Waals surface area contributed by atoms with Gasteiger partial charge in [-0.3, -0.25) is 0 Å². The van der Waals surface area contributed by atoms with E-state index in [1.54, 1.807) is 0 Å². The number of oxazole rings is 1. The van der Waals surface area contributed by atoms with E-state index in [0.29, 0.717) is 17.2 Å². The molecule has 4 nitrogen and oxygen atoms in total. The van der Waals surface area contributed by atoms with Crippen LogP contribution >= 0.6 is 15.9 Å². The Morgan fingerprint density at radius 3 is 2.82 bits per heavy atom. The summed E-state index contributed by atoms with van der Waals surface area (Å²) in [6.45, 7) is 1.56. The molecule has 0 spiro atoms. The van der Waals surface area contributed by atoms with E-state index in [1.807, 2.05) is 12.1 Å². The lowest BCUT2D eigenvalue weighted by Crippen LogP contribution is -2.14. The summed E-state index contributed by atoms with van der Waals surface area (Å²) in [5, 5.41) is 0. The number of anilines is 1. The van der Waals surface area contributed by atoms with Crippen LogP contribution in [-0.2, 0) is 4.74 Å². The van der Waals surface area contributed by atoms with Crippen molar-refractivity contribution in [2.24, 2.45) is 0 Å². The normalized spacial score (nSPS) is 17.7. The van der Waals surface area contributed by atoms with Crippen LogP contribution in [0.3, 0.4) is 0 Å². The van der Waals surface area contributed by atoms with E-state index < -0.39 is 0 Å². The van der Waals surface area contributed by atoms with E-state index in [4.69, 9.17) is 14.9 Å². The minimum atomic E-state index is 0.356. The van der Waals surface area contributed by atoms with Gasteiger partial charge in [-0.1, -0.05) is 15.9 Å². The second kappa shape index (κ2) is 4.31. The van der Waals surface area contributed by atoms with Crippen molar-refractivity contribution in [2.45, 2.75) is 18.8 Å². The zero-order chi connectivity index (χ0) is 11.8.